The molecule has 0 bridgehead atoms. The maximum absolute atomic E-state index is 4.79. The molecule has 3 heteroatoms. The van der Waals surface area contributed by atoms with Crippen LogP contribution in [-0.4, -0.2) is 9.97 Å². The molecule has 0 fully saturated rings. The number of hydrogen-bond acceptors (Lipinski definition) is 3. The Labute approximate surface area is 175 Å². The Bertz CT molecular complexity index is 1150. The number of rotatable bonds is 2. The van der Waals surface area contributed by atoms with Gasteiger partial charge in [0.15, 0.2) is 0 Å². The third-order valence-electron chi connectivity index (χ3n) is 6.62. The average molecular weight is 397 g/mol. The van der Waals surface area contributed by atoms with Crippen molar-refractivity contribution < 1.29 is 0 Å². The topological polar surface area (TPSA) is 25.8 Å². The quantitative estimate of drug-likeness (QED) is 0.377. The smallest absolute Gasteiger partial charge is 0.0748 e. The number of aromatic nitrogens is 2. The number of benzene rings is 2. The van der Waals surface area contributed by atoms with Gasteiger partial charge >= 0.3 is 0 Å². The van der Waals surface area contributed by atoms with Gasteiger partial charge in [-0.15, -0.1) is 0 Å². The van der Waals surface area contributed by atoms with E-state index < -0.39 is 0 Å². The van der Waals surface area contributed by atoms with Crippen LogP contribution in [0, 0.1) is 0 Å². The summed E-state index contributed by atoms with van der Waals surface area (Å²) in [5.74, 6) is 0. The monoisotopic (exact) mass is 396 g/mol. The summed E-state index contributed by atoms with van der Waals surface area (Å²) in [6.07, 6.45) is 13.9. The Kier molecular flexibility index (Phi) is 4.30. The van der Waals surface area contributed by atoms with Crippen LogP contribution in [0.4, 0.5) is 0 Å². The van der Waals surface area contributed by atoms with Crippen LogP contribution in [0.5, 0.6) is 0 Å². The van der Waals surface area contributed by atoms with Crippen molar-refractivity contribution in [2.45, 2.75) is 61.2 Å². The lowest BCUT2D eigenvalue weighted by molar-refractivity contribution is 0.689. The molecular weight excluding hydrogens is 372 g/mol. The third kappa shape index (κ3) is 2.95. The summed E-state index contributed by atoms with van der Waals surface area (Å²) in [5, 5.41) is 2.59. The van der Waals surface area contributed by atoms with Crippen LogP contribution in [0.2, 0.25) is 0 Å². The van der Waals surface area contributed by atoms with Crippen molar-refractivity contribution in [1.29, 1.82) is 0 Å². The largest absolute Gasteiger partial charge is 0.256 e. The van der Waals surface area contributed by atoms with Gasteiger partial charge in [-0.3, -0.25) is 9.97 Å². The zero-order valence-corrected chi connectivity index (χ0v) is 17.4. The average Bonchev–Trinajstić information content (AvgIpc) is 2.79. The summed E-state index contributed by atoms with van der Waals surface area (Å²) >= 11 is 1.87. The first-order valence-corrected chi connectivity index (χ1v) is 11.7. The first-order chi connectivity index (χ1) is 14.4. The molecule has 4 aromatic rings. The van der Waals surface area contributed by atoms with E-state index in [1.165, 1.54) is 92.4 Å². The van der Waals surface area contributed by atoms with Crippen molar-refractivity contribution in [3.05, 3.63) is 71.0 Å². The normalized spacial score (nSPS) is 16.0. The second-order valence-electron chi connectivity index (χ2n) is 8.33. The molecule has 0 amide bonds. The highest BCUT2D eigenvalue weighted by atomic mass is 32.2. The standard InChI is InChI=1S/C26H24N2S/c1-3-7-19-17(5-1)9-11-21-23(13-15-27-25(19)21)29-24-14-16-28-26-20-8-4-2-6-18(20)10-12-22(24)26/h9-16H,1-8H2. The van der Waals surface area contributed by atoms with Crippen LogP contribution >= 0.6 is 11.8 Å². The minimum atomic E-state index is 1.16. The van der Waals surface area contributed by atoms with E-state index in [1.54, 1.807) is 0 Å². The minimum Gasteiger partial charge on any atom is -0.256 e. The highest BCUT2D eigenvalue weighted by Crippen LogP contribution is 2.40. The van der Waals surface area contributed by atoms with Crippen molar-refractivity contribution in [1.82, 2.24) is 9.97 Å². The molecule has 0 spiro atoms. The van der Waals surface area contributed by atoms with Crippen molar-refractivity contribution in [2.24, 2.45) is 0 Å². The van der Waals surface area contributed by atoms with E-state index in [-0.39, 0.29) is 0 Å². The van der Waals surface area contributed by atoms with Crippen molar-refractivity contribution in [3.63, 3.8) is 0 Å². The molecule has 6 rings (SSSR count). The maximum atomic E-state index is 4.79. The minimum absolute atomic E-state index is 1.16. The molecule has 0 radical (unpaired) electrons. The Morgan fingerprint density at radius 1 is 0.552 bits per heavy atom. The SMILES string of the molecule is c1cc(Sc2ccnc3c4c(ccc23)CCCC4)c2ccc3c(c2n1)CCCC3. The Hall–Kier alpha value is -2.39. The van der Waals surface area contributed by atoms with E-state index in [0.29, 0.717) is 0 Å². The van der Waals surface area contributed by atoms with E-state index in [0.717, 1.165) is 12.8 Å². The number of fused-ring (bicyclic) bond motifs is 6. The Morgan fingerprint density at radius 2 is 1.03 bits per heavy atom. The highest BCUT2D eigenvalue weighted by molar-refractivity contribution is 7.99. The molecule has 2 aliphatic rings. The molecule has 0 atom stereocenters. The van der Waals surface area contributed by atoms with E-state index in [2.05, 4.69) is 36.4 Å². The van der Waals surface area contributed by atoms with Gasteiger partial charge in [-0.2, -0.15) is 0 Å². The molecule has 2 aromatic carbocycles. The zero-order valence-electron chi connectivity index (χ0n) is 16.6. The van der Waals surface area contributed by atoms with Gasteiger partial charge in [0.05, 0.1) is 11.0 Å². The van der Waals surface area contributed by atoms with Crippen molar-refractivity contribution >= 4 is 33.6 Å². The lowest BCUT2D eigenvalue weighted by Crippen LogP contribution is -2.04. The van der Waals surface area contributed by atoms with Gasteiger partial charge in [-0.1, -0.05) is 36.0 Å². The molecule has 2 aromatic heterocycles. The van der Waals surface area contributed by atoms with Crippen LogP contribution in [0.15, 0.2) is 58.6 Å². The second-order valence-corrected chi connectivity index (χ2v) is 9.42. The number of nitrogens with zero attached hydrogens (tertiary/aromatic N) is 2. The molecule has 0 saturated carbocycles. The zero-order chi connectivity index (χ0) is 19.2. The summed E-state index contributed by atoms with van der Waals surface area (Å²) in [6.45, 7) is 0. The van der Waals surface area contributed by atoms with E-state index >= 15 is 0 Å². The number of hydrogen-bond donors (Lipinski definition) is 0. The summed E-state index contributed by atoms with van der Waals surface area (Å²) in [7, 11) is 0. The van der Waals surface area contributed by atoms with Crippen LogP contribution < -0.4 is 0 Å². The number of pyridine rings is 2. The van der Waals surface area contributed by atoms with Crippen LogP contribution in [-0.2, 0) is 25.7 Å². The van der Waals surface area contributed by atoms with Crippen LogP contribution in [0.1, 0.15) is 47.9 Å². The summed E-state index contributed by atoms with van der Waals surface area (Å²) in [6, 6.07) is 13.6. The molecule has 0 saturated heterocycles. The predicted molar refractivity (Wildman–Crippen MR) is 121 cm³/mol. The van der Waals surface area contributed by atoms with E-state index in [4.69, 9.17) is 9.97 Å². The fourth-order valence-corrected chi connectivity index (χ4v) is 6.19. The van der Waals surface area contributed by atoms with E-state index in [9.17, 15) is 0 Å². The molecule has 0 N–H and O–H groups in total. The van der Waals surface area contributed by atoms with Gasteiger partial charge in [0, 0.05) is 33.0 Å². The predicted octanol–water partition coefficient (Wildman–Crippen LogP) is 6.69. The first kappa shape index (κ1) is 17.5. The molecule has 0 aliphatic heterocycles. The lowest BCUT2D eigenvalue weighted by atomic mass is 9.90. The molecule has 2 nitrogen and oxygen atoms in total. The molecular formula is C26H24N2S. The summed E-state index contributed by atoms with van der Waals surface area (Å²) in [5.41, 5.74) is 8.37. The van der Waals surface area contributed by atoms with Crippen molar-refractivity contribution in [3.8, 4) is 0 Å². The second kappa shape index (κ2) is 7.14. The van der Waals surface area contributed by atoms with Gasteiger partial charge in [0.1, 0.15) is 0 Å². The molecule has 0 unspecified atom stereocenters. The van der Waals surface area contributed by atoms with Crippen LogP contribution in [0.25, 0.3) is 21.8 Å². The van der Waals surface area contributed by atoms with Gasteiger partial charge in [0.25, 0.3) is 0 Å². The maximum Gasteiger partial charge on any atom is 0.0748 e. The number of aryl methyl sites for hydroxylation is 4. The van der Waals surface area contributed by atoms with Gasteiger partial charge in [-0.05, 0) is 85.8 Å². The highest BCUT2D eigenvalue weighted by Gasteiger charge is 2.17. The van der Waals surface area contributed by atoms with E-state index in [1.807, 2.05) is 24.2 Å². The van der Waals surface area contributed by atoms with Gasteiger partial charge in [0.2, 0.25) is 0 Å². The van der Waals surface area contributed by atoms with Gasteiger partial charge in [-0.25, -0.2) is 0 Å². The van der Waals surface area contributed by atoms with Gasteiger partial charge < -0.3 is 0 Å². The van der Waals surface area contributed by atoms with Crippen LogP contribution in [0.3, 0.4) is 0 Å². The fraction of sp³-hybridized carbons (Fsp3) is 0.308. The molecule has 2 aliphatic carbocycles. The first-order valence-electron chi connectivity index (χ1n) is 10.9. The van der Waals surface area contributed by atoms with Crippen molar-refractivity contribution in [2.75, 3.05) is 0 Å². The Morgan fingerprint density at radius 3 is 1.55 bits per heavy atom. The third-order valence-corrected chi connectivity index (χ3v) is 7.77. The fourth-order valence-electron chi connectivity index (χ4n) is 5.14. The molecule has 29 heavy (non-hydrogen) atoms. The Balaban J connectivity index is 1.48. The lowest BCUT2D eigenvalue weighted by Gasteiger charge is -2.19. The summed E-state index contributed by atoms with van der Waals surface area (Å²) in [4.78, 5) is 12.2. The summed E-state index contributed by atoms with van der Waals surface area (Å²) < 4.78 is 0. The molecule has 2 heterocycles. The molecule has 144 valence electrons.